The van der Waals surface area contributed by atoms with Crippen molar-refractivity contribution in [3.8, 4) is 0 Å². The first-order valence-corrected chi connectivity index (χ1v) is 10.7. The van der Waals surface area contributed by atoms with Gasteiger partial charge in [-0.2, -0.15) is 11.8 Å². The molecule has 0 unspecified atom stereocenters. The van der Waals surface area contributed by atoms with Crippen molar-refractivity contribution in [2.45, 2.75) is 25.8 Å². The predicted octanol–water partition coefficient (Wildman–Crippen LogP) is 5.11. The number of fused-ring (bicyclic) bond motifs is 1. The molecule has 0 aliphatic carbocycles. The molecule has 0 saturated carbocycles. The average Bonchev–Trinajstić information content (AvgIpc) is 2.71. The van der Waals surface area contributed by atoms with Gasteiger partial charge in [0.1, 0.15) is 5.82 Å². The predicted molar refractivity (Wildman–Crippen MR) is 132 cm³/mol. The molecule has 0 saturated heterocycles. The van der Waals surface area contributed by atoms with Crippen LogP contribution in [0, 0.1) is 5.82 Å². The Morgan fingerprint density at radius 1 is 1.10 bits per heavy atom. The van der Waals surface area contributed by atoms with Gasteiger partial charge in [0.05, 0.1) is 18.8 Å². The average molecular weight is 524 g/mol. The first-order valence-electron chi connectivity index (χ1n) is 9.32. The van der Waals surface area contributed by atoms with E-state index in [1.165, 1.54) is 11.5 Å². The van der Waals surface area contributed by atoms with E-state index in [4.69, 9.17) is 0 Å². The van der Waals surface area contributed by atoms with Gasteiger partial charge < -0.3 is 10.6 Å². The lowest BCUT2D eigenvalue weighted by Gasteiger charge is -2.13. The Labute approximate surface area is 192 Å². The molecule has 3 aromatic rings. The van der Waals surface area contributed by atoms with Crippen molar-refractivity contribution >= 4 is 52.5 Å². The van der Waals surface area contributed by atoms with Gasteiger partial charge in [0, 0.05) is 23.9 Å². The van der Waals surface area contributed by atoms with Gasteiger partial charge in [0.2, 0.25) is 0 Å². The number of halogens is 2. The van der Waals surface area contributed by atoms with Crippen molar-refractivity contribution in [1.29, 1.82) is 0 Å². The minimum Gasteiger partial charge on any atom is -0.357 e. The number of hydrogen-bond donors (Lipinski definition) is 2. The van der Waals surface area contributed by atoms with Crippen LogP contribution in [0.1, 0.15) is 23.7 Å². The lowest BCUT2D eigenvalue weighted by atomic mass is 10.1. The maximum atomic E-state index is 13.5. The van der Waals surface area contributed by atoms with Crippen molar-refractivity contribution in [3.05, 3.63) is 77.4 Å². The van der Waals surface area contributed by atoms with Gasteiger partial charge in [0.25, 0.3) is 0 Å². The van der Waals surface area contributed by atoms with E-state index in [0.29, 0.717) is 13.1 Å². The Balaban J connectivity index is 0.00000300. The summed E-state index contributed by atoms with van der Waals surface area (Å²) in [5, 5.41) is 8.93. The van der Waals surface area contributed by atoms with Gasteiger partial charge in [-0.1, -0.05) is 30.3 Å². The van der Waals surface area contributed by atoms with Gasteiger partial charge in [-0.3, -0.25) is 4.98 Å². The summed E-state index contributed by atoms with van der Waals surface area (Å²) in [6.07, 6.45) is 3.84. The lowest BCUT2D eigenvalue weighted by molar-refractivity contribution is 0.625. The number of rotatable bonds is 7. The smallest absolute Gasteiger partial charge is 0.191 e. The van der Waals surface area contributed by atoms with E-state index < -0.39 is 0 Å². The van der Waals surface area contributed by atoms with E-state index in [-0.39, 0.29) is 29.8 Å². The van der Waals surface area contributed by atoms with Crippen LogP contribution in [0.4, 0.5) is 4.39 Å². The van der Waals surface area contributed by atoms with Crippen LogP contribution in [-0.2, 0) is 18.8 Å². The zero-order valence-corrected chi connectivity index (χ0v) is 19.8. The highest BCUT2D eigenvalue weighted by atomic mass is 127. The second-order valence-corrected chi connectivity index (χ2v) is 7.24. The Hall–Kier alpha value is -1.87. The number of benzene rings is 2. The largest absolute Gasteiger partial charge is 0.357 e. The maximum absolute atomic E-state index is 13.5. The molecule has 3 rings (SSSR count). The third-order valence-electron chi connectivity index (χ3n) is 4.40. The second kappa shape index (κ2) is 12.0. The van der Waals surface area contributed by atoms with Crippen molar-refractivity contribution < 1.29 is 4.39 Å². The molecule has 0 atom stereocenters. The summed E-state index contributed by atoms with van der Waals surface area (Å²) in [4.78, 5) is 9.20. The van der Waals surface area contributed by atoms with Crippen LogP contribution < -0.4 is 10.6 Å². The molecular weight excluding hydrogens is 498 g/mol. The third kappa shape index (κ3) is 6.57. The summed E-state index contributed by atoms with van der Waals surface area (Å²) in [7, 11) is 0. The van der Waals surface area contributed by atoms with Crippen molar-refractivity contribution in [3.63, 3.8) is 0 Å². The molecule has 0 spiro atoms. The van der Waals surface area contributed by atoms with Gasteiger partial charge in [-0.05, 0) is 47.9 Å². The number of pyridine rings is 1. The Morgan fingerprint density at radius 3 is 2.72 bits per heavy atom. The molecule has 1 heterocycles. The molecule has 4 nitrogen and oxygen atoms in total. The van der Waals surface area contributed by atoms with Crippen LogP contribution in [0.15, 0.2) is 59.7 Å². The number of aliphatic imine (C=N–C) groups is 1. The second-order valence-electron chi connectivity index (χ2n) is 6.37. The molecule has 0 aliphatic heterocycles. The Kier molecular flexibility index (Phi) is 9.66. The molecule has 0 radical (unpaired) electrons. The summed E-state index contributed by atoms with van der Waals surface area (Å²) < 4.78 is 13.5. The maximum Gasteiger partial charge on any atom is 0.191 e. The normalized spacial score (nSPS) is 11.2. The molecule has 0 amide bonds. The number of thioether (sulfide) groups is 1. The number of nitrogens with one attached hydrogen (secondary N) is 2. The van der Waals surface area contributed by atoms with Crippen LogP contribution >= 0.6 is 35.7 Å². The number of nitrogens with zero attached hydrogens (tertiary/aromatic N) is 2. The molecule has 0 fully saturated rings. The Bertz CT molecular complexity index is 959. The highest BCUT2D eigenvalue weighted by Gasteiger charge is 2.06. The molecule has 2 N–H and O–H groups in total. The minimum absolute atomic E-state index is 0. The highest BCUT2D eigenvalue weighted by molar-refractivity contribution is 14.0. The van der Waals surface area contributed by atoms with Crippen LogP contribution in [0.3, 0.4) is 0 Å². The number of aromatic nitrogens is 1. The van der Waals surface area contributed by atoms with Crippen molar-refractivity contribution in [1.82, 2.24) is 15.6 Å². The fourth-order valence-electron chi connectivity index (χ4n) is 3.04. The summed E-state index contributed by atoms with van der Waals surface area (Å²) in [6, 6.07) is 15.1. The van der Waals surface area contributed by atoms with Gasteiger partial charge >= 0.3 is 0 Å². The highest BCUT2D eigenvalue weighted by Crippen LogP contribution is 2.18. The lowest BCUT2D eigenvalue weighted by Crippen LogP contribution is -2.37. The first-order chi connectivity index (χ1) is 13.7. The van der Waals surface area contributed by atoms with Gasteiger partial charge in [0.15, 0.2) is 5.96 Å². The summed E-state index contributed by atoms with van der Waals surface area (Å²) in [5.74, 6) is 1.28. The quantitative estimate of drug-likeness (QED) is 0.256. The Morgan fingerprint density at radius 2 is 1.93 bits per heavy atom. The fourth-order valence-corrected chi connectivity index (χ4v) is 3.61. The fraction of sp³-hybridized carbons (Fsp3) is 0.273. The van der Waals surface area contributed by atoms with E-state index in [1.54, 1.807) is 17.8 Å². The van der Waals surface area contributed by atoms with E-state index in [2.05, 4.69) is 32.7 Å². The molecule has 0 bridgehead atoms. The number of guanidine groups is 1. The SMILES string of the molecule is CCNC(=NCc1ccc(F)cc1CSC)NCc1nccc2ccccc12.I. The summed E-state index contributed by atoms with van der Waals surface area (Å²) in [6.45, 7) is 3.86. The third-order valence-corrected chi connectivity index (χ3v) is 5.00. The van der Waals surface area contributed by atoms with E-state index in [0.717, 1.165) is 40.5 Å². The first kappa shape index (κ1) is 23.4. The van der Waals surface area contributed by atoms with Crippen LogP contribution in [0.5, 0.6) is 0 Å². The summed E-state index contributed by atoms with van der Waals surface area (Å²) >= 11 is 1.68. The molecule has 1 aromatic heterocycles. The minimum atomic E-state index is -0.205. The number of hydrogen-bond acceptors (Lipinski definition) is 3. The van der Waals surface area contributed by atoms with Crippen LogP contribution in [0.25, 0.3) is 10.8 Å². The van der Waals surface area contributed by atoms with Crippen molar-refractivity contribution in [2.24, 2.45) is 4.99 Å². The molecule has 154 valence electrons. The zero-order valence-electron chi connectivity index (χ0n) is 16.6. The monoisotopic (exact) mass is 524 g/mol. The zero-order chi connectivity index (χ0) is 19.8. The van der Waals surface area contributed by atoms with E-state index in [1.807, 2.05) is 43.6 Å². The summed E-state index contributed by atoms with van der Waals surface area (Å²) in [5.41, 5.74) is 3.01. The van der Waals surface area contributed by atoms with Crippen LogP contribution in [0.2, 0.25) is 0 Å². The molecule has 7 heteroatoms. The topological polar surface area (TPSA) is 49.3 Å². The van der Waals surface area contributed by atoms with Gasteiger partial charge in [-0.15, -0.1) is 24.0 Å². The van der Waals surface area contributed by atoms with E-state index >= 15 is 0 Å². The van der Waals surface area contributed by atoms with E-state index in [9.17, 15) is 4.39 Å². The molecule has 29 heavy (non-hydrogen) atoms. The molecule has 0 aliphatic rings. The molecular formula is C22H26FIN4S. The van der Waals surface area contributed by atoms with Gasteiger partial charge in [-0.25, -0.2) is 9.38 Å². The van der Waals surface area contributed by atoms with Crippen molar-refractivity contribution in [2.75, 3.05) is 12.8 Å². The molecule has 2 aromatic carbocycles. The standard InChI is InChI=1S/C22H25FN4S.HI/c1-3-24-22(26-13-17-8-9-19(23)12-18(17)15-28-2)27-14-21-20-7-5-4-6-16(20)10-11-25-21;/h4-12H,3,13-15H2,1-2H3,(H2,24,26,27);1H. The van der Waals surface area contributed by atoms with Crippen LogP contribution in [-0.4, -0.2) is 23.7 Å².